The summed E-state index contributed by atoms with van der Waals surface area (Å²) in [7, 11) is 0. The second-order valence-electron chi connectivity index (χ2n) is 4.97. The van der Waals surface area contributed by atoms with E-state index in [0.717, 1.165) is 12.5 Å². The minimum atomic E-state index is -0.705. The number of nitro groups is 2. The van der Waals surface area contributed by atoms with Crippen molar-refractivity contribution in [1.82, 2.24) is 0 Å². The van der Waals surface area contributed by atoms with Gasteiger partial charge in [-0.3, -0.25) is 25.7 Å². The van der Waals surface area contributed by atoms with Gasteiger partial charge in [0.05, 0.1) is 28.7 Å². The highest BCUT2D eigenvalue weighted by atomic mass is 16.6. The van der Waals surface area contributed by atoms with E-state index in [0.29, 0.717) is 17.9 Å². The zero-order valence-electron chi connectivity index (χ0n) is 13.4. The molecule has 9 heteroatoms. The van der Waals surface area contributed by atoms with Gasteiger partial charge in [-0.05, 0) is 24.6 Å². The fourth-order valence-electron chi connectivity index (χ4n) is 1.98. The summed E-state index contributed by atoms with van der Waals surface area (Å²) < 4.78 is 5.59. The monoisotopic (exact) mass is 344 g/mol. The van der Waals surface area contributed by atoms with Gasteiger partial charge in [0.25, 0.3) is 5.69 Å². The van der Waals surface area contributed by atoms with E-state index in [4.69, 9.17) is 4.74 Å². The first-order chi connectivity index (χ1) is 12.0. The van der Waals surface area contributed by atoms with Gasteiger partial charge in [-0.2, -0.15) is 5.10 Å². The molecule has 0 saturated carbocycles. The molecule has 0 unspecified atom stereocenters. The zero-order chi connectivity index (χ0) is 18.2. The predicted molar refractivity (Wildman–Crippen MR) is 93.2 cm³/mol. The first kappa shape index (κ1) is 17.9. The van der Waals surface area contributed by atoms with Crippen LogP contribution >= 0.6 is 0 Å². The molecule has 130 valence electrons. The third-order valence-corrected chi connectivity index (χ3v) is 3.16. The number of hydrogen-bond acceptors (Lipinski definition) is 7. The maximum atomic E-state index is 11.1. The summed E-state index contributed by atoms with van der Waals surface area (Å²) in [5.74, 6) is 0.646. The van der Waals surface area contributed by atoms with E-state index in [2.05, 4.69) is 10.5 Å². The van der Waals surface area contributed by atoms with E-state index < -0.39 is 15.5 Å². The average molecular weight is 344 g/mol. The molecule has 0 fully saturated rings. The topological polar surface area (TPSA) is 120 Å². The fourth-order valence-corrected chi connectivity index (χ4v) is 1.98. The van der Waals surface area contributed by atoms with E-state index >= 15 is 0 Å². The van der Waals surface area contributed by atoms with Crippen molar-refractivity contribution < 1.29 is 14.6 Å². The maximum absolute atomic E-state index is 11.1. The Bertz CT molecular complexity index is 807. The Hall–Kier alpha value is -3.49. The van der Waals surface area contributed by atoms with Gasteiger partial charge >= 0.3 is 5.69 Å². The average Bonchev–Trinajstić information content (AvgIpc) is 2.60. The maximum Gasteiger partial charge on any atom is 0.301 e. The summed E-state index contributed by atoms with van der Waals surface area (Å²) in [6, 6.07) is 10.5. The molecule has 0 amide bonds. The quantitative estimate of drug-likeness (QED) is 0.442. The Labute approximate surface area is 143 Å². The molecule has 0 radical (unpaired) electrons. The van der Waals surface area contributed by atoms with Gasteiger partial charge in [0.2, 0.25) is 0 Å². The number of hydrogen-bond donors (Lipinski definition) is 1. The molecule has 9 nitrogen and oxygen atoms in total. The van der Waals surface area contributed by atoms with Crippen LogP contribution < -0.4 is 10.2 Å². The first-order valence-electron chi connectivity index (χ1n) is 7.46. The van der Waals surface area contributed by atoms with Crippen molar-refractivity contribution in [3.63, 3.8) is 0 Å². The van der Waals surface area contributed by atoms with Gasteiger partial charge in [0.15, 0.2) is 0 Å². The fraction of sp³-hybridized carbons (Fsp3) is 0.188. The standard InChI is InChI=1S/C16H16N4O5/c1-2-9-25-16-6-4-3-5-12(16)11-17-18-14-8-7-13(19(21)22)10-15(14)20(23)24/h3-8,10-11,18H,2,9H2,1H3. The number of nitrogens with one attached hydrogen (secondary N) is 1. The first-order valence-corrected chi connectivity index (χ1v) is 7.46. The molecular formula is C16H16N4O5. The molecule has 0 saturated heterocycles. The van der Waals surface area contributed by atoms with Crippen LogP contribution in [-0.4, -0.2) is 22.7 Å². The Morgan fingerprint density at radius 3 is 2.60 bits per heavy atom. The van der Waals surface area contributed by atoms with Crippen molar-refractivity contribution in [2.75, 3.05) is 12.0 Å². The summed E-state index contributed by atoms with van der Waals surface area (Å²) in [5.41, 5.74) is 2.51. The number of nitro benzene ring substituents is 2. The summed E-state index contributed by atoms with van der Waals surface area (Å²) >= 11 is 0. The minimum Gasteiger partial charge on any atom is -0.493 e. The van der Waals surface area contributed by atoms with E-state index in [1.165, 1.54) is 18.3 Å². The summed E-state index contributed by atoms with van der Waals surface area (Å²) in [6.45, 7) is 2.55. The second-order valence-corrected chi connectivity index (χ2v) is 4.97. The van der Waals surface area contributed by atoms with Crippen LogP contribution in [0.3, 0.4) is 0 Å². The lowest BCUT2D eigenvalue weighted by molar-refractivity contribution is -0.393. The summed E-state index contributed by atoms with van der Waals surface area (Å²) in [6.07, 6.45) is 2.33. The number of rotatable bonds is 8. The van der Waals surface area contributed by atoms with E-state index in [-0.39, 0.29) is 11.4 Å². The number of ether oxygens (including phenoxy) is 1. The number of para-hydroxylation sites is 1. The number of anilines is 1. The number of non-ortho nitro benzene ring substituents is 1. The van der Waals surface area contributed by atoms with Crippen molar-refractivity contribution in [2.24, 2.45) is 5.10 Å². The van der Waals surface area contributed by atoms with Crippen molar-refractivity contribution >= 4 is 23.3 Å². The van der Waals surface area contributed by atoms with Crippen LogP contribution in [0.15, 0.2) is 47.6 Å². The normalized spacial score (nSPS) is 10.6. The zero-order valence-corrected chi connectivity index (χ0v) is 13.4. The molecule has 0 aliphatic heterocycles. The molecule has 25 heavy (non-hydrogen) atoms. The third-order valence-electron chi connectivity index (χ3n) is 3.16. The SMILES string of the molecule is CCCOc1ccccc1C=NNc1ccc([N+](=O)[O-])cc1[N+](=O)[O-]. The molecule has 0 spiro atoms. The molecule has 0 heterocycles. The molecule has 2 aromatic rings. The van der Waals surface area contributed by atoms with E-state index in [1.54, 1.807) is 12.1 Å². The molecule has 2 rings (SSSR count). The molecular weight excluding hydrogens is 328 g/mol. The van der Waals surface area contributed by atoms with Crippen LogP contribution in [0.1, 0.15) is 18.9 Å². The lowest BCUT2D eigenvalue weighted by Crippen LogP contribution is -2.00. The second kappa shape index (κ2) is 8.39. The van der Waals surface area contributed by atoms with Crippen LogP contribution in [-0.2, 0) is 0 Å². The van der Waals surface area contributed by atoms with Crippen molar-refractivity contribution in [3.8, 4) is 5.75 Å². The molecule has 0 atom stereocenters. The van der Waals surface area contributed by atoms with Gasteiger partial charge in [0.1, 0.15) is 11.4 Å². The highest BCUT2D eigenvalue weighted by Gasteiger charge is 2.19. The van der Waals surface area contributed by atoms with Crippen molar-refractivity contribution in [2.45, 2.75) is 13.3 Å². The third kappa shape index (κ3) is 4.74. The molecule has 0 bridgehead atoms. The molecule has 1 N–H and O–H groups in total. The van der Waals surface area contributed by atoms with E-state index in [9.17, 15) is 20.2 Å². The van der Waals surface area contributed by atoms with Crippen LogP contribution in [0.5, 0.6) is 5.75 Å². The molecule has 0 aromatic heterocycles. The van der Waals surface area contributed by atoms with Crippen molar-refractivity contribution in [1.29, 1.82) is 0 Å². The number of nitrogens with zero attached hydrogens (tertiary/aromatic N) is 3. The number of benzene rings is 2. The summed E-state index contributed by atoms with van der Waals surface area (Å²) in [5, 5.41) is 25.8. The van der Waals surface area contributed by atoms with Crippen molar-refractivity contribution in [3.05, 3.63) is 68.3 Å². The molecule has 0 aliphatic carbocycles. The highest BCUT2D eigenvalue weighted by Crippen LogP contribution is 2.29. The van der Waals surface area contributed by atoms with Crippen LogP contribution in [0.2, 0.25) is 0 Å². The largest absolute Gasteiger partial charge is 0.493 e. The van der Waals surface area contributed by atoms with Crippen LogP contribution in [0.4, 0.5) is 17.1 Å². The number of hydrazone groups is 1. The Balaban J connectivity index is 2.20. The lowest BCUT2D eigenvalue weighted by atomic mass is 10.2. The lowest BCUT2D eigenvalue weighted by Gasteiger charge is -2.07. The van der Waals surface area contributed by atoms with Gasteiger partial charge in [-0.1, -0.05) is 19.1 Å². The molecule has 2 aromatic carbocycles. The van der Waals surface area contributed by atoms with E-state index in [1.807, 2.05) is 19.1 Å². The van der Waals surface area contributed by atoms with Gasteiger partial charge in [0, 0.05) is 11.6 Å². The minimum absolute atomic E-state index is 0.0545. The van der Waals surface area contributed by atoms with Gasteiger partial charge < -0.3 is 4.74 Å². The van der Waals surface area contributed by atoms with Gasteiger partial charge in [-0.15, -0.1) is 0 Å². The van der Waals surface area contributed by atoms with Crippen LogP contribution in [0, 0.1) is 20.2 Å². The van der Waals surface area contributed by atoms with Gasteiger partial charge in [-0.25, -0.2) is 0 Å². The predicted octanol–water partition coefficient (Wildman–Crippen LogP) is 3.74. The Kier molecular flexibility index (Phi) is 5.99. The Morgan fingerprint density at radius 1 is 1.16 bits per heavy atom. The molecule has 0 aliphatic rings. The smallest absolute Gasteiger partial charge is 0.301 e. The summed E-state index contributed by atoms with van der Waals surface area (Å²) in [4.78, 5) is 20.4. The van der Waals surface area contributed by atoms with Crippen LogP contribution in [0.25, 0.3) is 0 Å². The highest BCUT2D eigenvalue weighted by molar-refractivity contribution is 5.84. The Morgan fingerprint density at radius 2 is 1.92 bits per heavy atom.